The third-order valence-electron chi connectivity index (χ3n) is 2.06. The van der Waals surface area contributed by atoms with Gasteiger partial charge in [0.25, 0.3) is 0 Å². The molecule has 2 aromatic rings. The smallest absolute Gasteiger partial charge is 0.0411 e. The van der Waals surface area contributed by atoms with Gasteiger partial charge in [0, 0.05) is 16.3 Å². The van der Waals surface area contributed by atoms with Gasteiger partial charge < -0.3 is 0 Å². The van der Waals surface area contributed by atoms with E-state index in [-0.39, 0.29) is 0 Å². The Bertz CT molecular complexity index is 398. The fourth-order valence-electron chi connectivity index (χ4n) is 1.53. The second-order valence-corrected chi connectivity index (χ2v) is 4.86. The van der Waals surface area contributed by atoms with Crippen molar-refractivity contribution in [2.45, 2.75) is 13.3 Å². The van der Waals surface area contributed by atoms with Crippen molar-refractivity contribution in [1.29, 1.82) is 0 Å². The van der Waals surface area contributed by atoms with Crippen LogP contribution in [-0.2, 0) is 6.42 Å². The van der Waals surface area contributed by atoms with Gasteiger partial charge in [0.2, 0.25) is 0 Å². The van der Waals surface area contributed by atoms with Crippen LogP contribution in [-0.4, -0.2) is 0 Å². The molecular weight excluding hydrogens is 212 g/mol. The molecule has 0 nitrogen and oxygen atoms in total. The summed E-state index contributed by atoms with van der Waals surface area (Å²) >= 11 is 7.78. The lowest BCUT2D eigenvalue weighted by Crippen LogP contribution is -1.85. The highest BCUT2D eigenvalue weighted by atomic mass is 35.5. The average molecular weight is 223 g/mol. The lowest BCUT2D eigenvalue weighted by Gasteiger charge is -2.02. The molecule has 0 aliphatic carbocycles. The second kappa shape index (κ2) is 4.16. The quantitative estimate of drug-likeness (QED) is 0.711. The Morgan fingerprint density at radius 2 is 2.14 bits per heavy atom. The van der Waals surface area contributed by atoms with Crippen LogP contribution in [0.1, 0.15) is 16.0 Å². The van der Waals surface area contributed by atoms with Crippen molar-refractivity contribution in [3.05, 3.63) is 56.7 Å². The first-order valence-electron chi connectivity index (χ1n) is 4.52. The molecule has 0 radical (unpaired) electrons. The summed E-state index contributed by atoms with van der Waals surface area (Å²) in [5.74, 6) is 0. The van der Waals surface area contributed by atoms with Crippen LogP contribution < -0.4 is 0 Å². The summed E-state index contributed by atoms with van der Waals surface area (Å²) in [7, 11) is 0. The van der Waals surface area contributed by atoms with Gasteiger partial charge in [-0.1, -0.05) is 23.7 Å². The summed E-state index contributed by atoms with van der Waals surface area (Å²) in [5, 5.41) is 2.93. The van der Waals surface area contributed by atoms with E-state index in [2.05, 4.69) is 30.5 Å². The van der Waals surface area contributed by atoms with E-state index in [0.717, 1.165) is 11.4 Å². The average Bonchev–Trinajstić information content (AvgIpc) is 2.54. The zero-order valence-electron chi connectivity index (χ0n) is 7.96. The predicted molar refractivity (Wildman–Crippen MR) is 63.3 cm³/mol. The molecule has 2 rings (SSSR count). The summed E-state index contributed by atoms with van der Waals surface area (Å²) in [6.07, 6.45) is 0.985. The molecule has 1 heterocycles. The maximum absolute atomic E-state index is 5.99. The van der Waals surface area contributed by atoms with Gasteiger partial charge in [-0.2, -0.15) is 0 Å². The molecule has 0 saturated carbocycles. The molecule has 1 aromatic carbocycles. The Labute approximate surface area is 93.2 Å². The fourth-order valence-corrected chi connectivity index (χ4v) is 2.58. The van der Waals surface area contributed by atoms with Crippen LogP contribution in [0, 0.1) is 6.92 Å². The molecule has 0 fully saturated rings. The van der Waals surface area contributed by atoms with Crippen molar-refractivity contribution in [2.24, 2.45) is 0 Å². The Balaban J connectivity index is 2.25. The molecule has 72 valence electrons. The maximum Gasteiger partial charge on any atom is 0.0411 e. The zero-order chi connectivity index (χ0) is 9.97. The third-order valence-corrected chi connectivity index (χ3v) is 3.15. The van der Waals surface area contributed by atoms with Crippen molar-refractivity contribution in [3.8, 4) is 0 Å². The van der Waals surface area contributed by atoms with Crippen LogP contribution in [0.3, 0.4) is 0 Å². The van der Waals surface area contributed by atoms with Crippen molar-refractivity contribution >= 4 is 22.9 Å². The molecule has 0 saturated heterocycles. The summed E-state index contributed by atoms with van der Waals surface area (Å²) in [5.41, 5.74) is 2.52. The molecule has 0 spiro atoms. The molecule has 0 unspecified atom stereocenters. The summed E-state index contributed by atoms with van der Waals surface area (Å²) < 4.78 is 0. The standard InChI is InChI=1S/C12H11ClS/c1-9-5-10(7-11(13)6-9)8-12-3-2-4-14-12/h2-7H,8H2,1H3. The first-order chi connectivity index (χ1) is 6.74. The van der Waals surface area contributed by atoms with E-state index < -0.39 is 0 Å². The van der Waals surface area contributed by atoms with Gasteiger partial charge in [-0.15, -0.1) is 11.3 Å². The zero-order valence-corrected chi connectivity index (χ0v) is 9.53. The van der Waals surface area contributed by atoms with E-state index in [1.807, 2.05) is 12.1 Å². The van der Waals surface area contributed by atoms with Crippen molar-refractivity contribution < 1.29 is 0 Å². The molecule has 0 amide bonds. The summed E-state index contributed by atoms with van der Waals surface area (Å²) in [6.45, 7) is 2.07. The van der Waals surface area contributed by atoms with Crippen LogP contribution >= 0.6 is 22.9 Å². The minimum Gasteiger partial charge on any atom is -0.149 e. The Kier molecular flexibility index (Phi) is 2.90. The van der Waals surface area contributed by atoms with E-state index in [4.69, 9.17) is 11.6 Å². The highest BCUT2D eigenvalue weighted by molar-refractivity contribution is 7.09. The monoisotopic (exact) mass is 222 g/mol. The summed E-state index contributed by atoms with van der Waals surface area (Å²) in [4.78, 5) is 1.38. The molecule has 1 aromatic heterocycles. The van der Waals surface area contributed by atoms with E-state index in [0.29, 0.717) is 0 Å². The molecular formula is C12H11ClS. The molecule has 0 bridgehead atoms. The normalized spacial score (nSPS) is 10.4. The maximum atomic E-state index is 5.99. The van der Waals surface area contributed by atoms with Gasteiger partial charge >= 0.3 is 0 Å². The number of hydrogen-bond donors (Lipinski definition) is 0. The minimum atomic E-state index is 0.830. The van der Waals surface area contributed by atoms with Crippen molar-refractivity contribution in [3.63, 3.8) is 0 Å². The van der Waals surface area contributed by atoms with Crippen LogP contribution in [0.2, 0.25) is 5.02 Å². The van der Waals surface area contributed by atoms with Gasteiger partial charge in [-0.3, -0.25) is 0 Å². The molecule has 0 aliphatic heterocycles. The lowest BCUT2D eigenvalue weighted by atomic mass is 10.1. The number of aryl methyl sites for hydroxylation is 1. The fraction of sp³-hybridized carbons (Fsp3) is 0.167. The first-order valence-corrected chi connectivity index (χ1v) is 5.78. The van der Waals surface area contributed by atoms with E-state index in [1.54, 1.807) is 11.3 Å². The van der Waals surface area contributed by atoms with E-state index in [1.165, 1.54) is 16.0 Å². The van der Waals surface area contributed by atoms with Gasteiger partial charge in [0.1, 0.15) is 0 Å². The highest BCUT2D eigenvalue weighted by Crippen LogP contribution is 2.19. The number of rotatable bonds is 2. The van der Waals surface area contributed by atoms with E-state index in [9.17, 15) is 0 Å². The summed E-state index contributed by atoms with van der Waals surface area (Å²) in [6, 6.07) is 10.4. The van der Waals surface area contributed by atoms with Crippen molar-refractivity contribution in [2.75, 3.05) is 0 Å². The van der Waals surface area contributed by atoms with Gasteiger partial charge in [0.05, 0.1) is 0 Å². The first kappa shape index (κ1) is 9.75. The molecule has 0 atom stereocenters. The molecule has 0 N–H and O–H groups in total. The Morgan fingerprint density at radius 3 is 2.79 bits per heavy atom. The van der Waals surface area contributed by atoms with Gasteiger partial charge in [-0.25, -0.2) is 0 Å². The second-order valence-electron chi connectivity index (χ2n) is 3.39. The lowest BCUT2D eigenvalue weighted by molar-refractivity contribution is 1.22. The highest BCUT2D eigenvalue weighted by Gasteiger charge is 1.99. The van der Waals surface area contributed by atoms with Crippen LogP contribution in [0.4, 0.5) is 0 Å². The van der Waals surface area contributed by atoms with Crippen LogP contribution in [0.5, 0.6) is 0 Å². The van der Waals surface area contributed by atoms with Crippen LogP contribution in [0.25, 0.3) is 0 Å². The predicted octanol–water partition coefficient (Wildman–Crippen LogP) is 4.30. The number of hydrogen-bond acceptors (Lipinski definition) is 1. The third kappa shape index (κ3) is 2.37. The SMILES string of the molecule is Cc1cc(Cl)cc(Cc2cccs2)c1. The largest absolute Gasteiger partial charge is 0.149 e. The van der Waals surface area contributed by atoms with Gasteiger partial charge in [-0.05, 0) is 41.6 Å². The Morgan fingerprint density at radius 1 is 1.29 bits per heavy atom. The number of thiophene rings is 1. The van der Waals surface area contributed by atoms with Crippen LogP contribution in [0.15, 0.2) is 35.7 Å². The Hall–Kier alpha value is -0.790. The molecule has 14 heavy (non-hydrogen) atoms. The minimum absolute atomic E-state index is 0.830. The van der Waals surface area contributed by atoms with Gasteiger partial charge in [0.15, 0.2) is 0 Å². The molecule has 2 heteroatoms. The number of halogens is 1. The van der Waals surface area contributed by atoms with Crippen molar-refractivity contribution in [1.82, 2.24) is 0 Å². The van der Waals surface area contributed by atoms with E-state index >= 15 is 0 Å². The number of benzene rings is 1. The topological polar surface area (TPSA) is 0 Å². The molecule has 0 aliphatic rings.